The third-order valence-corrected chi connectivity index (χ3v) is 2.68. The van der Waals surface area contributed by atoms with Gasteiger partial charge in [0.2, 0.25) is 0 Å². The van der Waals surface area contributed by atoms with Crippen molar-refractivity contribution >= 4 is 28.4 Å². The molecule has 2 aromatic rings. The molecule has 0 saturated carbocycles. The molecule has 0 fully saturated rings. The number of oxazole rings is 1. The number of nitrogen functional groups attached to an aromatic ring is 1. The van der Waals surface area contributed by atoms with Crippen molar-refractivity contribution in [1.29, 1.82) is 0 Å². The molecule has 0 spiro atoms. The zero-order valence-corrected chi connectivity index (χ0v) is 9.50. The van der Waals surface area contributed by atoms with E-state index in [1.807, 2.05) is 0 Å². The maximum Gasteiger partial charge on any atom is 0.195 e. The van der Waals surface area contributed by atoms with Crippen LogP contribution >= 0.6 is 11.6 Å². The number of nitrogens with two attached hydrogens (primary N) is 1. The lowest BCUT2D eigenvalue weighted by molar-refractivity contribution is 0.283. The summed E-state index contributed by atoms with van der Waals surface area (Å²) in [5, 5.41) is 9.16. The van der Waals surface area contributed by atoms with Crippen LogP contribution in [-0.2, 0) is 6.42 Å². The first-order chi connectivity index (χ1) is 7.70. The van der Waals surface area contributed by atoms with Gasteiger partial charge in [0.25, 0.3) is 0 Å². The Balaban J connectivity index is 2.23. The van der Waals surface area contributed by atoms with E-state index in [1.165, 1.54) is 0 Å². The molecular weight excluding hydrogens is 228 g/mol. The van der Waals surface area contributed by atoms with Crippen molar-refractivity contribution in [3.05, 3.63) is 23.0 Å². The third kappa shape index (κ3) is 2.28. The Morgan fingerprint density at radius 3 is 2.94 bits per heavy atom. The second kappa shape index (κ2) is 4.72. The van der Waals surface area contributed by atoms with Gasteiger partial charge < -0.3 is 15.3 Å². The number of aliphatic hydroxyl groups excluding tert-OH is 1. The Bertz CT molecular complexity index is 457. The molecule has 0 aliphatic rings. The molecule has 0 unspecified atom stereocenters. The summed E-state index contributed by atoms with van der Waals surface area (Å²) < 4.78 is 5.52. The van der Waals surface area contributed by atoms with Crippen molar-refractivity contribution in [3.8, 4) is 0 Å². The molecule has 0 amide bonds. The minimum Gasteiger partial charge on any atom is -0.441 e. The van der Waals surface area contributed by atoms with E-state index < -0.39 is 0 Å². The van der Waals surface area contributed by atoms with Gasteiger partial charge in [-0.2, -0.15) is 0 Å². The molecule has 3 N–H and O–H groups in total. The van der Waals surface area contributed by atoms with Crippen molar-refractivity contribution in [3.63, 3.8) is 0 Å². The summed E-state index contributed by atoms with van der Waals surface area (Å²) in [4.78, 5) is 4.30. The van der Waals surface area contributed by atoms with Gasteiger partial charge in [-0.05, 0) is 18.9 Å². The zero-order valence-electron chi connectivity index (χ0n) is 8.74. The van der Waals surface area contributed by atoms with Gasteiger partial charge in [-0.1, -0.05) is 11.6 Å². The van der Waals surface area contributed by atoms with Gasteiger partial charge >= 0.3 is 0 Å². The molecule has 0 aliphatic carbocycles. The fraction of sp³-hybridized carbons (Fsp3) is 0.364. The summed E-state index contributed by atoms with van der Waals surface area (Å²) in [7, 11) is 0. The topological polar surface area (TPSA) is 72.3 Å². The molecule has 2 rings (SSSR count). The number of anilines is 1. The van der Waals surface area contributed by atoms with E-state index in [9.17, 15) is 0 Å². The highest BCUT2D eigenvalue weighted by Gasteiger charge is 2.08. The SMILES string of the molecule is Nc1cc2oc(CCCCO)nc2cc1Cl. The van der Waals surface area contributed by atoms with Crippen molar-refractivity contribution in [1.82, 2.24) is 4.98 Å². The van der Waals surface area contributed by atoms with E-state index in [0.29, 0.717) is 28.6 Å². The second-order valence-electron chi connectivity index (χ2n) is 3.63. The van der Waals surface area contributed by atoms with Crippen LogP contribution in [0.15, 0.2) is 16.5 Å². The van der Waals surface area contributed by atoms with Crippen LogP contribution in [0.2, 0.25) is 5.02 Å². The summed E-state index contributed by atoms with van der Waals surface area (Å²) in [5.41, 5.74) is 7.53. The van der Waals surface area contributed by atoms with E-state index in [2.05, 4.69) is 4.98 Å². The highest BCUT2D eigenvalue weighted by atomic mass is 35.5. The van der Waals surface area contributed by atoms with Gasteiger partial charge in [0, 0.05) is 19.1 Å². The van der Waals surface area contributed by atoms with Crippen LogP contribution in [0.25, 0.3) is 11.1 Å². The van der Waals surface area contributed by atoms with Crippen LogP contribution in [-0.4, -0.2) is 16.7 Å². The summed E-state index contributed by atoms with van der Waals surface area (Å²) in [5.74, 6) is 0.658. The Labute approximate surface area is 98.0 Å². The summed E-state index contributed by atoms with van der Waals surface area (Å²) in [6, 6.07) is 3.38. The van der Waals surface area contributed by atoms with Gasteiger partial charge in [-0.25, -0.2) is 4.98 Å². The largest absolute Gasteiger partial charge is 0.441 e. The van der Waals surface area contributed by atoms with Crippen LogP contribution in [0, 0.1) is 0 Å². The monoisotopic (exact) mass is 240 g/mol. The Morgan fingerprint density at radius 2 is 2.19 bits per heavy atom. The molecule has 16 heavy (non-hydrogen) atoms. The predicted molar refractivity (Wildman–Crippen MR) is 63.5 cm³/mol. The number of fused-ring (bicyclic) bond motifs is 1. The van der Waals surface area contributed by atoms with Crippen LogP contribution in [0.4, 0.5) is 5.69 Å². The number of aliphatic hydroxyl groups is 1. The molecule has 1 aromatic carbocycles. The molecule has 0 saturated heterocycles. The first kappa shape index (κ1) is 11.2. The number of hydrogen-bond acceptors (Lipinski definition) is 4. The quantitative estimate of drug-likeness (QED) is 0.636. The number of aromatic nitrogens is 1. The third-order valence-electron chi connectivity index (χ3n) is 2.35. The highest BCUT2D eigenvalue weighted by Crippen LogP contribution is 2.26. The Morgan fingerprint density at radius 1 is 1.38 bits per heavy atom. The molecule has 0 bridgehead atoms. The second-order valence-corrected chi connectivity index (χ2v) is 4.04. The Kier molecular flexibility index (Phi) is 3.31. The number of unbranched alkanes of at least 4 members (excludes halogenated alkanes) is 1. The van der Waals surface area contributed by atoms with Gasteiger partial charge in [0.05, 0.1) is 10.7 Å². The minimum absolute atomic E-state index is 0.193. The first-order valence-corrected chi connectivity index (χ1v) is 5.54. The maximum atomic E-state index is 8.67. The molecule has 0 atom stereocenters. The van der Waals surface area contributed by atoms with Crippen LogP contribution in [0.5, 0.6) is 0 Å². The normalized spacial score (nSPS) is 11.1. The van der Waals surface area contributed by atoms with E-state index in [0.717, 1.165) is 18.4 Å². The van der Waals surface area contributed by atoms with E-state index >= 15 is 0 Å². The predicted octanol–water partition coefficient (Wildman–Crippen LogP) is 2.38. The number of nitrogens with zero attached hydrogens (tertiary/aromatic N) is 1. The standard InChI is InChI=1S/C11H13ClN2O2/c12-7-5-9-10(6-8(7)13)16-11(14-9)3-1-2-4-15/h5-6,15H,1-4,13H2. The van der Waals surface area contributed by atoms with Crippen molar-refractivity contribution in [2.75, 3.05) is 12.3 Å². The first-order valence-electron chi connectivity index (χ1n) is 5.16. The minimum atomic E-state index is 0.193. The van der Waals surface area contributed by atoms with Crippen molar-refractivity contribution < 1.29 is 9.52 Å². The molecular formula is C11H13ClN2O2. The number of benzene rings is 1. The number of rotatable bonds is 4. The maximum absolute atomic E-state index is 8.67. The van der Waals surface area contributed by atoms with Crippen molar-refractivity contribution in [2.45, 2.75) is 19.3 Å². The lowest BCUT2D eigenvalue weighted by atomic mass is 10.2. The average Bonchev–Trinajstić information content (AvgIpc) is 2.61. The van der Waals surface area contributed by atoms with E-state index in [4.69, 9.17) is 26.9 Å². The fourth-order valence-electron chi connectivity index (χ4n) is 1.51. The summed E-state index contributed by atoms with van der Waals surface area (Å²) in [6.45, 7) is 0.193. The average molecular weight is 241 g/mol. The number of hydrogen-bond donors (Lipinski definition) is 2. The van der Waals surface area contributed by atoms with Crippen LogP contribution in [0.3, 0.4) is 0 Å². The number of halogens is 1. The van der Waals surface area contributed by atoms with Gasteiger partial charge in [-0.15, -0.1) is 0 Å². The fourth-order valence-corrected chi connectivity index (χ4v) is 1.66. The van der Waals surface area contributed by atoms with Crippen LogP contribution in [0.1, 0.15) is 18.7 Å². The van der Waals surface area contributed by atoms with Crippen LogP contribution < -0.4 is 5.73 Å². The van der Waals surface area contributed by atoms with E-state index in [1.54, 1.807) is 12.1 Å². The number of aryl methyl sites for hydroxylation is 1. The lowest BCUT2D eigenvalue weighted by Gasteiger charge is -1.94. The molecule has 0 radical (unpaired) electrons. The highest BCUT2D eigenvalue weighted by molar-refractivity contribution is 6.33. The van der Waals surface area contributed by atoms with Gasteiger partial charge in [-0.3, -0.25) is 0 Å². The molecule has 86 valence electrons. The van der Waals surface area contributed by atoms with Crippen molar-refractivity contribution in [2.24, 2.45) is 0 Å². The zero-order chi connectivity index (χ0) is 11.5. The van der Waals surface area contributed by atoms with E-state index in [-0.39, 0.29) is 6.61 Å². The molecule has 1 aromatic heterocycles. The molecule has 0 aliphatic heterocycles. The molecule has 1 heterocycles. The summed E-state index contributed by atoms with van der Waals surface area (Å²) in [6.07, 6.45) is 2.32. The molecule has 4 nitrogen and oxygen atoms in total. The Hall–Kier alpha value is -1.26. The summed E-state index contributed by atoms with van der Waals surface area (Å²) >= 11 is 5.88. The smallest absolute Gasteiger partial charge is 0.195 e. The van der Waals surface area contributed by atoms with Gasteiger partial charge in [0.15, 0.2) is 11.5 Å². The molecule has 5 heteroatoms. The lowest BCUT2D eigenvalue weighted by Crippen LogP contribution is -1.88. The van der Waals surface area contributed by atoms with Gasteiger partial charge in [0.1, 0.15) is 5.52 Å².